The molecule has 3 atom stereocenters. The Morgan fingerprint density at radius 1 is 1.55 bits per heavy atom. The Balaban J connectivity index is 1.98. The van der Waals surface area contributed by atoms with Crippen LogP contribution in [0.2, 0.25) is 0 Å². The van der Waals surface area contributed by atoms with Gasteiger partial charge >= 0.3 is 0 Å². The number of hydrogen-bond donors (Lipinski definition) is 1. The zero-order valence-corrected chi connectivity index (χ0v) is 7.34. The maximum absolute atomic E-state index is 3.60. The highest BCUT2D eigenvalue weighted by molar-refractivity contribution is 5.00. The molecular formula is C10H18N+. The zero-order chi connectivity index (χ0) is 7.68. The van der Waals surface area contributed by atoms with Gasteiger partial charge < -0.3 is 0 Å². The van der Waals surface area contributed by atoms with E-state index in [0.29, 0.717) is 0 Å². The summed E-state index contributed by atoms with van der Waals surface area (Å²) >= 11 is 0. The predicted molar refractivity (Wildman–Crippen MR) is 47.2 cm³/mol. The summed E-state index contributed by atoms with van der Waals surface area (Å²) < 4.78 is 0. The molecule has 2 fully saturated rings. The summed E-state index contributed by atoms with van der Waals surface area (Å²) in [4.78, 5) is 0. The van der Waals surface area contributed by atoms with E-state index in [1.54, 1.807) is 0 Å². The Kier molecular flexibility index (Phi) is 2.08. The van der Waals surface area contributed by atoms with Gasteiger partial charge in [-0.25, -0.2) is 0 Å². The van der Waals surface area contributed by atoms with Gasteiger partial charge in [-0.2, -0.15) is 0 Å². The van der Waals surface area contributed by atoms with Crippen LogP contribution in [0.25, 0.3) is 0 Å². The molecule has 1 aliphatic carbocycles. The van der Waals surface area contributed by atoms with Gasteiger partial charge in [0.05, 0.1) is 12.8 Å². The number of hydrogen-bond acceptors (Lipinski definition) is 1. The Hall–Kier alpha value is -0.170. The largest absolute Gasteiger partial charge is 0.276 e. The summed E-state index contributed by atoms with van der Waals surface area (Å²) in [5, 5.41) is 3.60. The third-order valence-corrected chi connectivity index (χ3v) is 3.37. The molecule has 1 aliphatic heterocycles. The highest BCUT2D eigenvalue weighted by Gasteiger charge is 2.41. The summed E-state index contributed by atoms with van der Waals surface area (Å²) in [5.74, 6) is 1.95. The molecule has 1 heterocycles. The topological polar surface area (TPSA) is 12.0 Å². The third kappa shape index (κ3) is 1.26. The van der Waals surface area contributed by atoms with Crippen LogP contribution in [-0.4, -0.2) is 12.6 Å². The van der Waals surface area contributed by atoms with Gasteiger partial charge in [-0.05, 0) is 18.8 Å². The predicted octanol–water partition coefficient (Wildman–Crippen LogP) is 1.99. The van der Waals surface area contributed by atoms with Crippen molar-refractivity contribution in [3.05, 3.63) is 6.42 Å². The lowest BCUT2D eigenvalue weighted by molar-refractivity contribution is 0.311. The molecule has 1 nitrogen and oxygen atoms in total. The fraction of sp³-hybridized carbons (Fsp3) is 0.900. The second-order valence-electron chi connectivity index (χ2n) is 3.93. The van der Waals surface area contributed by atoms with Crippen LogP contribution in [0.5, 0.6) is 0 Å². The first-order valence-corrected chi connectivity index (χ1v) is 4.98. The summed E-state index contributed by atoms with van der Waals surface area (Å²) in [6, 6.07) is 0.772. The van der Waals surface area contributed by atoms with E-state index in [-0.39, 0.29) is 0 Å². The molecule has 1 saturated heterocycles. The minimum Gasteiger partial charge on any atom is -0.276 e. The number of fused-ring (bicyclic) bond motifs is 1. The SMILES string of the molecule is CCC1CNC2[CH+]CCCC12. The first kappa shape index (κ1) is 7.48. The van der Waals surface area contributed by atoms with Crippen molar-refractivity contribution >= 4 is 0 Å². The van der Waals surface area contributed by atoms with Crippen molar-refractivity contribution in [3.63, 3.8) is 0 Å². The molecule has 0 aromatic carbocycles. The summed E-state index contributed by atoms with van der Waals surface area (Å²) in [5.41, 5.74) is 0. The Morgan fingerprint density at radius 2 is 2.45 bits per heavy atom. The average molecular weight is 152 g/mol. The quantitative estimate of drug-likeness (QED) is 0.567. The molecule has 11 heavy (non-hydrogen) atoms. The van der Waals surface area contributed by atoms with Gasteiger partial charge in [0.1, 0.15) is 0 Å². The first-order valence-electron chi connectivity index (χ1n) is 4.98. The fourth-order valence-corrected chi connectivity index (χ4v) is 2.65. The van der Waals surface area contributed by atoms with Gasteiger partial charge in [0.2, 0.25) is 0 Å². The summed E-state index contributed by atoms with van der Waals surface area (Å²) in [6.07, 6.45) is 8.09. The highest BCUT2D eigenvalue weighted by Crippen LogP contribution is 2.35. The van der Waals surface area contributed by atoms with Gasteiger partial charge in [0.15, 0.2) is 6.04 Å². The average Bonchev–Trinajstić information content (AvgIpc) is 2.47. The van der Waals surface area contributed by atoms with Crippen molar-refractivity contribution in [2.24, 2.45) is 11.8 Å². The van der Waals surface area contributed by atoms with Crippen molar-refractivity contribution < 1.29 is 0 Å². The van der Waals surface area contributed by atoms with Gasteiger partial charge in [-0.15, -0.1) is 0 Å². The summed E-state index contributed by atoms with van der Waals surface area (Å²) in [7, 11) is 0. The lowest BCUT2D eigenvalue weighted by Crippen LogP contribution is -2.30. The van der Waals surface area contributed by atoms with E-state index in [1.807, 2.05) is 0 Å². The van der Waals surface area contributed by atoms with Crippen LogP contribution < -0.4 is 5.32 Å². The first-order chi connectivity index (χ1) is 5.42. The third-order valence-electron chi connectivity index (χ3n) is 3.37. The molecule has 1 N–H and O–H groups in total. The van der Waals surface area contributed by atoms with E-state index in [0.717, 1.165) is 17.9 Å². The maximum atomic E-state index is 3.60. The normalized spacial score (nSPS) is 43.2. The van der Waals surface area contributed by atoms with Crippen LogP contribution in [0.3, 0.4) is 0 Å². The lowest BCUT2D eigenvalue weighted by Gasteiger charge is -2.21. The molecule has 3 unspecified atom stereocenters. The molecule has 0 bridgehead atoms. The molecule has 2 aliphatic rings. The molecule has 62 valence electrons. The van der Waals surface area contributed by atoms with Crippen molar-refractivity contribution in [2.75, 3.05) is 6.54 Å². The molecule has 0 aromatic heterocycles. The van der Waals surface area contributed by atoms with E-state index < -0.39 is 0 Å². The molecule has 1 saturated carbocycles. The smallest absolute Gasteiger partial charge is 0.152 e. The standard InChI is InChI=1S/C10H18N/c1-2-8-7-11-10-6-4-3-5-9(8)10/h6,8-11H,2-5,7H2,1H3/q+1. The van der Waals surface area contributed by atoms with Crippen molar-refractivity contribution in [2.45, 2.75) is 38.6 Å². The van der Waals surface area contributed by atoms with Crippen LogP contribution in [0.1, 0.15) is 32.6 Å². The molecule has 0 radical (unpaired) electrons. The molecular weight excluding hydrogens is 134 g/mol. The number of nitrogens with one attached hydrogen (secondary N) is 1. The van der Waals surface area contributed by atoms with E-state index in [2.05, 4.69) is 18.7 Å². The van der Waals surface area contributed by atoms with Crippen molar-refractivity contribution in [1.82, 2.24) is 5.32 Å². The maximum Gasteiger partial charge on any atom is 0.152 e. The van der Waals surface area contributed by atoms with E-state index >= 15 is 0 Å². The van der Waals surface area contributed by atoms with Gasteiger partial charge in [-0.3, -0.25) is 5.32 Å². The fourth-order valence-electron chi connectivity index (χ4n) is 2.65. The van der Waals surface area contributed by atoms with Crippen LogP contribution >= 0.6 is 0 Å². The minimum absolute atomic E-state index is 0.772. The molecule has 2 rings (SSSR count). The molecule has 0 aromatic rings. The Bertz CT molecular complexity index is 127. The Labute approximate surface area is 69.6 Å². The number of rotatable bonds is 1. The van der Waals surface area contributed by atoms with E-state index in [1.165, 1.54) is 32.2 Å². The van der Waals surface area contributed by atoms with Gasteiger partial charge in [0.25, 0.3) is 0 Å². The monoisotopic (exact) mass is 152 g/mol. The van der Waals surface area contributed by atoms with E-state index in [4.69, 9.17) is 0 Å². The van der Waals surface area contributed by atoms with E-state index in [9.17, 15) is 0 Å². The molecule has 1 heteroatoms. The lowest BCUT2D eigenvalue weighted by atomic mass is 9.79. The minimum atomic E-state index is 0.772. The summed E-state index contributed by atoms with van der Waals surface area (Å²) in [6.45, 7) is 3.59. The highest BCUT2D eigenvalue weighted by atomic mass is 15.0. The van der Waals surface area contributed by atoms with Crippen LogP contribution in [0.15, 0.2) is 0 Å². The van der Waals surface area contributed by atoms with Gasteiger partial charge in [-0.1, -0.05) is 13.3 Å². The van der Waals surface area contributed by atoms with Gasteiger partial charge in [0, 0.05) is 12.5 Å². The van der Waals surface area contributed by atoms with Crippen LogP contribution in [0, 0.1) is 18.3 Å². The van der Waals surface area contributed by atoms with Crippen molar-refractivity contribution in [1.29, 1.82) is 0 Å². The second kappa shape index (κ2) is 3.06. The van der Waals surface area contributed by atoms with Crippen LogP contribution in [-0.2, 0) is 0 Å². The van der Waals surface area contributed by atoms with Crippen molar-refractivity contribution in [3.8, 4) is 0 Å². The molecule has 0 amide bonds. The second-order valence-corrected chi connectivity index (χ2v) is 3.93. The zero-order valence-electron chi connectivity index (χ0n) is 7.34. The Morgan fingerprint density at radius 3 is 3.27 bits per heavy atom. The molecule has 0 spiro atoms. The van der Waals surface area contributed by atoms with Crippen LogP contribution in [0.4, 0.5) is 0 Å².